The molecule has 6 heteroatoms. The molecule has 0 aliphatic rings. The van der Waals surface area contributed by atoms with Crippen molar-refractivity contribution in [2.75, 3.05) is 37.5 Å². The van der Waals surface area contributed by atoms with E-state index in [4.69, 9.17) is 4.74 Å². The van der Waals surface area contributed by atoms with Crippen molar-refractivity contribution in [2.24, 2.45) is 0 Å². The third-order valence-electron chi connectivity index (χ3n) is 2.46. The minimum atomic E-state index is -0.433. The summed E-state index contributed by atoms with van der Waals surface area (Å²) in [6.45, 7) is 5.08. The van der Waals surface area contributed by atoms with Crippen molar-refractivity contribution < 1.29 is 9.13 Å². The third kappa shape index (κ3) is 3.52. The Balaban J connectivity index is 2.90. The number of anilines is 2. The van der Waals surface area contributed by atoms with Gasteiger partial charge in [0.1, 0.15) is 0 Å². The van der Waals surface area contributed by atoms with Gasteiger partial charge >= 0.3 is 0 Å². The Morgan fingerprint density at radius 1 is 1.59 bits per heavy atom. The van der Waals surface area contributed by atoms with E-state index in [1.165, 1.54) is 6.20 Å². The number of nitrogens with one attached hydrogen (secondary N) is 1. The molecule has 1 N–H and O–H groups in total. The molecule has 0 spiro atoms. The Labute approximate surface area is 101 Å². The van der Waals surface area contributed by atoms with Gasteiger partial charge in [0.2, 0.25) is 5.95 Å². The monoisotopic (exact) mass is 242 g/mol. The van der Waals surface area contributed by atoms with Gasteiger partial charge in [0.05, 0.1) is 18.8 Å². The van der Waals surface area contributed by atoms with Crippen LogP contribution in [0.25, 0.3) is 0 Å². The van der Waals surface area contributed by atoms with Gasteiger partial charge in [0, 0.05) is 20.7 Å². The Kier molecular flexibility index (Phi) is 5.09. The molecule has 0 saturated heterocycles. The van der Waals surface area contributed by atoms with Gasteiger partial charge in [-0.2, -0.15) is 4.98 Å². The lowest BCUT2D eigenvalue weighted by Gasteiger charge is -2.25. The van der Waals surface area contributed by atoms with E-state index in [9.17, 15) is 4.39 Å². The van der Waals surface area contributed by atoms with Crippen molar-refractivity contribution in [3.8, 4) is 0 Å². The van der Waals surface area contributed by atoms with E-state index in [1.54, 1.807) is 19.1 Å². The second kappa shape index (κ2) is 6.34. The molecule has 0 bridgehead atoms. The minimum absolute atomic E-state index is 0.0406. The first kappa shape index (κ1) is 13.6. The molecule has 5 nitrogen and oxygen atoms in total. The predicted molar refractivity (Wildman–Crippen MR) is 65.9 cm³/mol. The van der Waals surface area contributed by atoms with Gasteiger partial charge in [-0.3, -0.25) is 0 Å². The van der Waals surface area contributed by atoms with Crippen LogP contribution in [-0.4, -0.2) is 43.3 Å². The third-order valence-corrected chi connectivity index (χ3v) is 2.46. The zero-order valence-electron chi connectivity index (χ0n) is 10.7. The summed E-state index contributed by atoms with van der Waals surface area (Å²) in [4.78, 5) is 9.74. The molecule has 0 saturated carbocycles. The number of aromatic nitrogens is 2. The number of rotatable bonds is 6. The van der Waals surface area contributed by atoms with Gasteiger partial charge in [0.15, 0.2) is 11.6 Å². The fraction of sp³-hybridized carbons (Fsp3) is 0.636. The standard InChI is InChI=1S/C11H19FN4O/c1-5-13-11-14-6-9(12)10(15-11)16(3)8(2)7-17-4/h6,8H,5,7H2,1-4H3,(H,13,14,15). The summed E-state index contributed by atoms with van der Waals surface area (Å²) in [7, 11) is 3.40. The highest BCUT2D eigenvalue weighted by Crippen LogP contribution is 2.18. The summed E-state index contributed by atoms with van der Waals surface area (Å²) in [6.07, 6.45) is 1.18. The first-order chi connectivity index (χ1) is 8.10. The summed E-state index contributed by atoms with van der Waals surface area (Å²) in [5.74, 6) is 0.276. The lowest BCUT2D eigenvalue weighted by Crippen LogP contribution is -2.34. The van der Waals surface area contributed by atoms with E-state index >= 15 is 0 Å². The Morgan fingerprint density at radius 3 is 2.88 bits per heavy atom. The lowest BCUT2D eigenvalue weighted by atomic mass is 10.3. The van der Waals surface area contributed by atoms with Crippen LogP contribution in [0.5, 0.6) is 0 Å². The molecule has 96 valence electrons. The van der Waals surface area contributed by atoms with Gasteiger partial charge < -0.3 is 15.0 Å². The second-order valence-corrected chi connectivity index (χ2v) is 3.81. The SMILES string of the molecule is CCNc1ncc(F)c(N(C)C(C)COC)n1. The lowest BCUT2D eigenvalue weighted by molar-refractivity contribution is 0.183. The van der Waals surface area contributed by atoms with Crippen molar-refractivity contribution in [1.82, 2.24) is 9.97 Å². The molecule has 1 aromatic rings. The summed E-state index contributed by atoms with van der Waals surface area (Å²) < 4.78 is 18.7. The number of methoxy groups -OCH3 is 1. The molecule has 1 rings (SSSR count). The van der Waals surface area contributed by atoms with Crippen molar-refractivity contribution >= 4 is 11.8 Å². The van der Waals surface area contributed by atoms with Crippen LogP contribution in [0.1, 0.15) is 13.8 Å². The number of ether oxygens (including phenoxy) is 1. The smallest absolute Gasteiger partial charge is 0.224 e. The van der Waals surface area contributed by atoms with E-state index in [-0.39, 0.29) is 11.9 Å². The zero-order valence-corrected chi connectivity index (χ0v) is 10.7. The average Bonchev–Trinajstić information content (AvgIpc) is 2.31. The molecule has 0 amide bonds. The van der Waals surface area contributed by atoms with Gasteiger partial charge in [-0.25, -0.2) is 9.37 Å². The van der Waals surface area contributed by atoms with Crippen molar-refractivity contribution in [2.45, 2.75) is 19.9 Å². The molecular weight excluding hydrogens is 223 g/mol. The van der Waals surface area contributed by atoms with Crippen LogP contribution in [-0.2, 0) is 4.74 Å². The van der Waals surface area contributed by atoms with E-state index in [2.05, 4.69) is 15.3 Å². The summed E-state index contributed by atoms with van der Waals surface area (Å²) >= 11 is 0. The van der Waals surface area contributed by atoms with Crippen LogP contribution in [0.2, 0.25) is 0 Å². The van der Waals surface area contributed by atoms with Crippen LogP contribution in [0.15, 0.2) is 6.20 Å². The summed E-state index contributed by atoms with van der Waals surface area (Å²) in [6, 6.07) is 0.0406. The maximum atomic E-state index is 13.6. The normalized spacial score (nSPS) is 12.3. The average molecular weight is 242 g/mol. The quantitative estimate of drug-likeness (QED) is 0.819. The first-order valence-corrected chi connectivity index (χ1v) is 5.58. The zero-order chi connectivity index (χ0) is 12.8. The topological polar surface area (TPSA) is 50.3 Å². The fourth-order valence-electron chi connectivity index (χ4n) is 1.41. The Morgan fingerprint density at radius 2 is 2.29 bits per heavy atom. The maximum absolute atomic E-state index is 13.6. The second-order valence-electron chi connectivity index (χ2n) is 3.81. The molecule has 1 aromatic heterocycles. The van der Waals surface area contributed by atoms with Gasteiger partial charge in [-0.05, 0) is 13.8 Å². The molecule has 1 unspecified atom stereocenters. The number of likely N-dealkylation sites (N-methyl/N-ethyl adjacent to an activating group) is 1. The van der Waals surface area contributed by atoms with Crippen LogP contribution >= 0.6 is 0 Å². The van der Waals surface area contributed by atoms with Gasteiger partial charge in [-0.15, -0.1) is 0 Å². The number of halogens is 1. The summed E-state index contributed by atoms with van der Waals surface area (Å²) in [5.41, 5.74) is 0. The van der Waals surface area contributed by atoms with Crippen LogP contribution in [0.4, 0.5) is 16.2 Å². The largest absolute Gasteiger partial charge is 0.383 e. The summed E-state index contributed by atoms with van der Waals surface area (Å²) in [5, 5.41) is 2.95. The highest BCUT2D eigenvalue weighted by Gasteiger charge is 2.16. The molecule has 0 aromatic carbocycles. The van der Waals surface area contributed by atoms with Gasteiger partial charge in [-0.1, -0.05) is 0 Å². The Hall–Kier alpha value is -1.43. The fourth-order valence-corrected chi connectivity index (χ4v) is 1.41. The molecule has 17 heavy (non-hydrogen) atoms. The molecule has 1 atom stereocenters. The Bertz CT molecular complexity index is 361. The highest BCUT2D eigenvalue weighted by atomic mass is 19.1. The maximum Gasteiger partial charge on any atom is 0.224 e. The van der Waals surface area contributed by atoms with E-state index in [0.717, 1.165) is 0 Å². The predicted octanol–water partition coefficient (Wildman–Crippen LogP) is 1.52. The van der Waals surface area contributed by atoms with Crippen LogP contribution in [0, 0.1) is 5.82 Å². The molecule has 0 fully saturated rings. The highest BCUT2D eigenvalue weighted by molar-refractivity contribution is 5.44. The van der Waals surface area contributed by atoms with E-state index < -0.39 is 5.82 Å². The van der Waals surface area contributed by atoms with Gasteiger partial charge in [0.25, 0.3) is 0 Å². The molecular formula is C11H19FN4O. The first-order valence-electron chi connectivity index (χ1n) is 5.58. The molecule has 0 aliphatic carbocycles. The molecule has 0 aliphatic heterocycles. The van der Waals surface area contributed by atoms with Crippen molar-refractivity contribution in [3.05, 3.63) is 12.0 Å². The minimum Gasteiger partial charge on any atom is -0.383 e. The van der Waals surface area contributed by atoms with Crippen LogP contribution < -0.4 is 10.2 Å². The number of hydrogen-bond donors (Lipinski definition) is 1. The van der Waals surface area contributed by atoms with E-state index in [0.29, 0.717) is 19.1 Å². The number of hydrogen-bond acceptors (Lipinski definition) is 5. The molecule has 0 radical (unpaired) electrons. The van der Waals surface area contributed by atoms with Crippen LogP contribution in [0.3, 0.4) is 0 Å². The van der Waals surface area contributed by atoms with E-state index in [1.807, 2.05) is 13.8 Å². The molecule has 1 heterocycles. The number of nitrogens with zero attached hydrogens (tertiary/aromatic N) is 3. The van der Waals surface area contributed by atoms with Crippen molar-refractivity contribution in [3.63, 3.8) is 0 Å². The van der Waals surface area contributed by atoms with Crippen molar-refractivity contribution in [1.29, 1.82) is 0 Å².